The second-order valence-corrected chi connectivity index (χ2v) is 8.66. The van der Waals surface area contributed by atoms with E-state index in [0.717, 1.165) is 51.5 Å². The molecule has 154 valence electrons. The number of rotatable bonds is 3. The van der Waals surface area contributed by atoms with Crippen molar-refractivity contribution in [3.8, 4) is 0 Å². The highest BCUT2D eigenvalue weighted by Crippen LogP contribution is 2.22. The van der Waals surface area contributed by atoms with Crippen molar-refractivity contribution in [2.24, 2.45) is 4.99 Å². The molecule has 2 fully saturated rings. The lowest BCUT2D eigenvalue weighted by molar-refractivity contribution is -0.142. The van der Waals surface area contributed by atoms with Crippen LogP contribution in [0.3, 0.4) is 0 Å². The summed E-state index contributed by atoms with van der Waals surface area (Å²) in [5.41, 5.74) is 2.75. The number of nitrogens with one attached hydrogen (secondary N) is 1. The van der Waals surface area contributed by atoms with Gasteiger partial charge in [0.25, 0.3) is 5.91 Å². The molecule has 0 bridgehead atoms. The molecule has 0 aliphatic carbocycles. The molecule has 3 rings (SSSR count). The number of carbonyl (C=O) groups is 1. The standard InChI is InChI=1S/C22H34N4O2/c1-22(2,3)18-9-7-17(8-10-18)16-24-21(23-4)26-13-11-25(12-14-26)20(27)19-6-5-15-28-19/h7-10,19H,5-6,11-16H2,1-4H3,(H,23,24). The van der Waals surface area contributed by atoms with Gasteiger partial charge in [-0.25, -0.2) is 0 Å². The molecule has 0 saturated carbocycles. The zero-order valence-corrected chi connectivity index (χ0v) is 17.7. The molecular formula is C22H34N4O2. The first-order chi connectivity index (χ1) is 13.4. The first-order valence-electron chi connectivity index (χ1n) is 10.3. The van der Waals surface area contributed by atoms with Crippen molar-refractivity contribution in [2.45, 2.75) is 51.7 Å². The Morgan fingerprint density at radius 2 is 1.79 bits per heavy atom. The molecule has 6 nitrogen and oxygen atoms in total. The Balaban J connectivity index is 1.49. The molecule has 2 saturated heterocycles. The van der Waals surface area contributed by atoms with Gasteiger partial charge in [-0.3, -0.25) is 9.79 Å². The third kappa shape index (κ3) is 5.04. The second kappa shape index (κ2) is 8.95. The molecule has 28 heavy (non-hydrogen) atoms. The Bertz CT molecular complexity index is 679. The molecule has 6 heteroatoms. The van der Waals surface area contributed by atoms with E-state index in [9.17, 15) is 4.79 Å². The minimum Gasteiger partial charge on any atom is -0.368 e. The van der Waals surface area contributed by atoms with Gasteiger partial charge in [-0.2, -0.15) is 0 Å². The lowest BCUT2D eigenvalue weighted by Gasteiger charge is -2.37. The highest BCUT2D eigenvalue weighted by atomic mass is 16.5. The average molecular weight is 387 g/mol. The van der Waals surface area contributed by atoms with E-state index in [1.54, 1.807) is 0 Å². The SMILES string of the molecule is CN=C(NCc1ccc(C(C)(C)C)cc1)N1CCN(C(=O)C2CCCO2)CC1. The highest BCUT2D eigenvalue weighted by Gasteiger charge is 2.30. The van der Waals surface area contributed by atoms with E-state index in [-0.39, 0.29) is 17.4 Å². The molecule has 2 aliphatic heterocycles. The Kier molecular flexibility index (Phi) is 6.60. The first kappa shape index (κ1) is 20.6. The van der Waals surface area contributed by atoms with Crippen LogP contribution in [0.4, 0.5) is 0 Å². The number of aliphatic imine (C=N–C) groups is 1. The third-order valence-electron chi connectivity index (χ3n) is 5.58. The molecule has 2 heterocycles. The van der Waals surface area contributed by atoms with Crippen LogP contribution in [0, 0.1) is 0 Å². The fraction of sp³-hybridized carbons (Fsp3) is 0.636. The van der Waals surface area contributed by atoms with Gasteiger partial charge in [-0.15, -0.1) is 0 Å². The summed E-state index contributed by atoms with van der Waals surface area (Å²) in [6.45, 7) is 11.2. The molecule has 2 aliphatic rings. The van der Waals surface area contributed by atoms with E-state index in [2.05, 4.69) is 60.2 Å². The topological polar surface area (TPSA) is 57.2 Å². The van der Waals surface area contributed by atoms with E-state index < -0.39 is 0 Å². The number of benzene rings is 1. The van der Waals surface area contributed by atoms with Crippen LogP contribution in [0.2, 0.25) is 0 Å². The van der Waals surface area contributed by atoms with Crippen LogP contribution < -0.4 is 5.32 Å². The Morgan fingerprint density at radius 1 is 1.14 bits per heavy atom. The first-order valence-corrected chi connectivity index (χ1v) is 10.3. The molecule has 0 spiro atoms. The maximum atomic E-state index is 12.5. The predicted molar refractivity (Wildman–Crippen MR) is 112 cm³/mol. The smallest absolute Gasteiger partial charge is 0.251 e. The van der Waals surface area contributed by atoms with Crippen LogP contribution in [-0.2, 0) is 21.5 Å². The quantitative estimate of drug-likeness (QED) is 0.640. The number of hydrogen-bond donors (Lipinski definition) is 1. The molecule has 1 N–H and O–H groups in total. The van der Waals surface area contributed by atoms with Crippen LogP contribution in [0.15, 0.2) is 29.3 Å². The molecule has 1 aromatic rings. The zero-order chi connectivity index (χ0) is 20.1. The Labute approximate surface area is 168 Å². The average Bonchev–Trinajstić information content (AvgIpc) is 3.23. The minimum atomic E-state index is -0.222. The molecule has 1 amide bonds. The van der Waals surface area contributed by atoms with Crippen LogP contribution >= 0.6 is 0 Å². The summed E-state index contributed by atoms with van der Waals surface area (Å²) in [5.74, 6) is 1.04. The number of nitrogens with zero attached hydrogens (tertiary/aromatic N) is 3. The molecular weight excluding hydrogens is 352 g/mol. The molecule has 0 radical (unpaired) electrons. The lowest BCUT2D eigenvalue weighted by atomic mass is 9.87. The minimum absolute atomic E-state index is 0.152. The van der Waals surface area contributed by atoms with E-state index in [1.165, 1.54) is 11.1 Å². The van der Waals surface area contributed by atoms with Crippen LogP contribution in [-0.4, -0.2) is 67.6 Å². The van der Waals surface area contributed by atoms with Crippen molar-refractivity contribution in [3.63, 3.8) is 0 Å². The van der Waals surface area contributed by atoms with E-state index in [1.807, 2.05) is 11.9 Å². The number of hydrogen-bond acceptors (Lipinski definition) is 3. The predicted octanol–water partition coefficient (Wildman–Crippen LogP) is 2.38. The monoisotopic (exact) mass is 386 g/mol. The molecule has 0 aromatic heterocycles. The normalized spacial score (nSPS) is 21.1. The molecule has 1 atom stereocenters. The number of piperazine rings is 1. The van der Waals surface area contributed by atoms with E-state index in [0.29, 0.717) is 6.61 Å². The van der Waals surface area contributed by atoms with Gasteiger partial charge >= 0.3 is 0 Å². The summed E-state index contributed by atoms with van der Waals surface area (Å²) < 4.78 is 5.54. The third-order valence-corrected chi connectivity index (χ3v) is 5.58. The van der Waals surface area contributed by atoms with Gasteiger partial charge < -0.3 is 19.9 Å². The van der Waals surface area contributed by atoms with Crippen LogP contribution in [0.5, 0.6) is 0 Å². The lowest BCUT2D eigenvalue weighted by Crippen LogP contribution is -2.55. The number of amides is 1. The highest BCUT2D eigenvalue weighted by molar-refractivity contribution is 5.82. The van der Waals surface area contributed by atoms with Gasteiger partial charge in [-0.05, 0) is 29.4 Å². The van der Waals surface area contributed by atoms with Crippen molar-refractivity contribution >= 4 is 11.9 Å². The van der Waals surface area contributed by atoms with Gasteiger partial charge in [0.15, 0.2) is 5.96 Å². The van der Waals surface area contributed by atoms with Crippen molar-refractivity contribution in [2.75, 3.05) is 39.8 Å². The van der Waals surface area contributed by atoms with Crippen molar-refractivity contribution in [1.82, 2.24) is 15.1 Å². The Morgan fingerprint density at radius 3 is 2.32 bits per heavy atom. The summed E-state index contributed by atoms with van der Waals surface area (Å²) in [5, 5.41) is 3.46. The molecule has 1 unspecified atom stereocenters. The molecule has 1 aromatic carbocycles. The van der Waals surface area contributed by atoms with Crippen LogP contribution in [0.1, 0.15) is 44.7 Å². The maximum Gasteiger partial charge on any atom is 0.251 e. The number of guanidine groups is 1. The number of carbonyl (C=O) groups excluding carboxylic acids is 1. The maximum absolute atomic E-state index is 12.5. The summed E-state index contributed by atoms with van der Waals surface area (Å²) in [6, 6.07) is 8.77. The summed E-state index contributed by atoms with van der Waals surface area (Å²) in [6.07, 6.45) is 1.62. The number of ether oxygens (including phenoxy) is 1. The zero-order valence-electron chi connectivity index (χ0n) is 17.7. The Hall–Kier alpha value is -2.08. The summed E-state index contributed by atoms with van der Waals surface area (Å²) in [4.78, 5) is 21.1. The van der Waals surface area contributed by atoms with E-state index >= 15 is 0 Å². The van der Waals surface area contributed by atoms with Gasteiger partial charge in [0.05, 0.1) is 0 Å². The van der Waals surface area contributed by atoms with Crippen molar-refractivity contribution in [3.05, 3.63) is 35.4 Å². The van der Waals surface area contributed by atoms with Gasteiger partial charge in [0.2, 0.25) is 0 Å². The second-order valence-electron chi connectivity index (χ2n) is 8.66. The summed E-state index contributed by atoms with van der Waals surface area (Å²) in [7, 11) is 1.81. The van der Waals surface area contributed by atoms with E-state index in [4.69, 9.17) is 4.74 Å². The fourth-order valence-electron chi connectivity index (χ4n) is 3.75. The van der Waals surface area contributed by atoms with Crippen molar-refractivity contribution in [1.29, 1.82) is 0 Å². The fourth-order valence-corrected chi connectivity index (χ4v) is 3.75. The van der Waals surface area contributed by atoms with Crippen molar-refractivity contribution < 1.29 is 9.53 Å². The van der Waals surface area contributed by atoms with Gasteiger partial charge in [0.1, 0.15) is 6.10 Å². The van der Waals surface area contributed by atoms with Crippen LogP contribution in [0.25, 0.3) is 0 Å². The van der Waals surface area contributed by atoms with Gasteiger partial charge in [-0.1, -0.05) is 45.0 Å². The summed E-state index contributed by atoms with van der Waals surface area (Å²) >= 11 is 0. The van der Waals surface area contributed by atoms with Gasteiger partial charge in [0, 0.05) is 46.4 Å². The largest absolute Gasteiger partial charge is 0.368 e.